The third-order valence-electron chi connectivity index (χ3n) is 3.30. The monoisotopic (exact) mass is 297 g/mol. The molecule has 0 aliphatic heterocycles. The maximum Gasteiger partial charge on any atom is 0.128 e. The zero-order valence-corrected chi connectivity index (χ0v) is 13.2. The standard InChI is InChI=1S/C19H23NO2/c1-3-5-15-6-9-17(10-7-15)20-14-16-8-11-18(13-19(16)21)22-12-4-2/h6-11,13-14,21H,3-5,12H2,1-2H3. The molecule has 0 spiro atoms. The predicted molar refractivity (Wildman–Crippen MR) is 91.6 cm³/mol. The molecular weight excluding hydrogens is 274 g/mol. The van der Waals surface area contributed by atoms with Crippen LogP contribution in [0.25, 0.3) is 0 Å². The van der Waals surface area contributed by atoms with E-state index < -0.39 is 0 Å². The fourth-order valence-corrected chi connectivity index (χ4v) is 2.12. The Morgan fingerprint density at radius 3 is 2.45 bits per heavy atom. The summed E-state index contributed by atoms with van der Waals surface area (Å²) in [6.07, 6.45) is 4.85. The number of nitrogens with zero attached hydrogens (tertiary/aromatic N) is 1. The zero-order valence-electron chi connectivity index (χ0n) is 13.2. The van der Waals surface area contributed by atoms with Crippen molar-refractivity contribution in [3.63, 3.8) is 0 Å². The van der Waals surface area contributed by atoms with Crippen LogP contribution in [0.4, 0.5) is 5.69 Å². The fourth-order valence-electron chi connectivity index (χ4n) is 2.12. The molecule has 0 aromatic heterocycles. The lowest BCUT2D eigenvalue weighted by Crippen LogP contribution is -1.95. The van der Waals surface area contributed by atoms with E-state index in [1.807, 2.05) is 31.2 Å². The lowest BCUT2D eigenvalue weighted by molar-refractivity contribution is 0.315. The second kappa shape index (κ2) is 8.23. The third kappa shape index (κ3) is 4.62. The molecular formula is C19H23NO2. The molecule has 0 unspecified atom stereocenters. The molecule has 0 heterocycles. The minimum Gasteiger partial charge on any atom is -0.507 e. The summed E-state index contributed by atoms with van der Waals surface area (Å²) in [5.74, 6) is 0.861. The second-order valence-corrected chi connectivity index (χ2v) is 5.24. The van der Waals surface area contributed by atoms with Gasteiger partial charge in [-0.15, -0.1) is 0 Å². The van der Waals surface area contributed by atoms with Crippen LogP contribution in [0.3, 0.4) is 0 Å². The van der Waals surface area contributed by atoms with Gasteiger partial charge >= 0.3 is 0 Å². The van der Waals surface area contributed by atoms with Gasteiger partial charge in [0.05, 0.1) is 12.3 Å². The molecule has 0 aliphatic rings. The summed E-state index contributed by atoms with van der Waals surface area (Å²) in [6.45, 7) is 4.87. The Morgan fingerprint density at radius 1 is 1.05 bits per heavy atom. The summed E-state index contributed by atoms with van der Waals surface area (Å²) >= 11 is 0. The fraction of sp³-hybridized carbons (Fsp3) is 0.316. The zero-order chi connectivity index (χ0) is 15.8. The van der Waals surface area contributed by atoms with Gasteiger partial charge in [0.15, 0.2) is 0 Å². The molecule has 0 saturated carbocycles. The van der Waals surface area contributed by atoms with E-state index >= 15 is 0 Å². The van der Waals surface area contributed by atoms with Crippen LogP contribution in [0.5, 0.6) is 11.5 Å². The number of ether oxygens (including phenoxy) is 1. The molecule has 2 aromatic rings. The Morgan fingerprint density at radius 2 is 1.82 bits per heavy atom. The first-order valence-electron chi connectivity index (χ1n) is 7.81. The number of benzene rings is 2. The molecule has 0 atom stereocenters. The summed E-state index contributed by atoms with van der Waals surface area (Å²) in [5, 5.41) is 10.0. The number of aromatic hydroxyl groups is 1. The van der Waals surface area contributed by atoms with Crippen molar-refractivity contribution < 1.29 is 9.84 Å². The van der Waals surface area contributed by atoms with E-state index in [0.29, 0.717) is 17.9 Å². The highest BCUT2D eigenvalue weighted by atomic mass is 16.5. The van der Waals surface area contributed by atoms with Gasteiger partial charge in [-0.1, -0.05) is 32.4 Å². The first-order chi connectivity index (χ1) is 10.7. The van der Waals surface area contributed by atoms with E-state index in [-0.39, 0.29) is 5.75 Å². The van der Waals surface area contributed by atoms with Gasteiger partial charge in [-0.25, -0.2) is 0 Å². The average Bonchev–Trinajstić information content (AvgIpc) is 2.54. The van der Waals surface area contributed by atoms with Crippen LogP contribution in [-0.2, 0) is 6.42 Å². The highest BCUT2D eigenvalue weighted by molar-refractivity contribution is 5.85. The molecule has 2 rings (SSSR count). The van der Waals surface area contributed by atoms with E-state index in [1.165, 1.54) is 5.56 Å². The number of hydrogen-bond acceptors (Lipinski definition) is 3. The average molecular weight is 297 g/mol. The number of rotatable bonds is 7. The van der Waals surface area contributed by atoms with Crippen molar-refractivity contribution in [3.8, 4) is 11.5 Å². The van der Waals surface area contributed by atoms with Gasteiger partial charge in [0.2, 0.25) is 0 Å². The first kappa shape index (κ1) is 16.1. The smallest absolute Gasteiger partial charge is 0.128 e. The minimum atomic E-state index is 0.181. The molecule has 3 nitrogen and oxygen atoms in total. The number of aliphatic imine (C=N–C) groups is 1. The molecule has 0 radical (unpaired) electrons. The van der Waals surface area contributed by atoms with Gasteiger partial charge in [-0.3, -0.25) is 4.99 Å². The highest BCUT2D eigenvalue weighted by Gasteiger charge is 2.01. The first-order valence-corrected chi connectivity index (χ1v) is 7.81. The van der Waals surface area contributed by atoms with Crippen molar-refractivity contribution in [1.29, 1.82) is 0 Å². The largest absolute Gasteiger partial charge is 0.507 e. The molecule has 0 fully saturated rings. The van der Waals surface area contributed by atoms with Gasteiger partial charge in [-0.2, -0.15) is 0 Å². The van der Waals surface area contributed by atoms with Gasteiger partial charge in [0.25, 0.3) is 0 Å². The number of phenolic OH excluding ortho intramolecular Hbond substituents is 1. The number of hydrogen-bond donors (Lipinski definition) is 1. The maximum absolute atomic E-state index is 10.0. The number of aryl methyl sites for hydroxylation is 1. The third-order valence-corrected chi connectivity index (χ3v) is 3.30. The molecule has 0 saturated heterocycles. The Hall–Kier alpha value is -2.29. The van der Waals surface area contributed by atoms with E-state index in [1.54, 1.807) is 12.3 Å². The molecule has 1 N–H and O–H groups in total. The molecule has 0 aliphatic carbocycles. The molecule has 22 heavy (non-hydrogen) atoms. The SMILES string of the molecule is CCCOc1ccc(C=Nc2ccc(CCC)cc2)c(O)c1. The summed E-state index contributed by atoms with van der Waals surface area (Å²) < 4.78 is 5.49. The highest BCUT2D eigenvalue weighted by Crippen LogP contribution is 2.23. The quantitative estimate of drug-likeness (QED) is 0.740. The van der Waals surface area contributed by atoms with Crippen molar-refractivity contribution in [1.82, 2.24) is 0 Å². The van der Waals surface area contributed by atoms with Gasteiger partial charge < -0.3 is 9.84 Å². The Balaban J connectivity index is 2.05. The predicted octanol–water partition coefficient (Wildman–Crippen LogP) is 4.88. The van der Waals surface area contributed by atoms with Crippen LogP contribution in [0.2, 0.25) is 0 Å². The van der Waals surface area contributed by atoms with Crippen molar-refractivity contribution in [2.45, 2.75) is 33.1 Å². The number of phenols is 1. The summed E-state index contributed by atoms with van der Waals surface area (Å²) in [7, 11) is 0. The van der Waals surface area contributed by atoms with Crippen LogP contribution < -0.4 is 4.74 Å². The van der Waals surface area contributed by atoms with E-state index in [4.69, 9.17) is 4.74 Å². The van der Waals surface area contributed by atoms with E-state index in [0.717, 1.165) is 24.9 Å². The molecule has 0 amide bonds. The summed E-state index contributed by atoms with van der Waals surface area (Å²) in [4.78, 5) is 4.40. The van der Waals surface area contributed by atoms with Crippen LogP contribution in [-0.4, -0.2) is 17.9 Å². The second-order valence-electron chi connectivity index (χ2n) is 5.24. The van der Waals surface area contributed by atoms with E-state index in [9.17, 15) is 5.11 Å². The lowest BCUT2D eigenvalue weighted by atomic mass is 10.1. The van der Waals surface area contributed by atoms with Crippen LogP contribution in [0.15, 0.2) is 47.5 Å². The lowest BCUT2D eigenvalue weighted by Gasteiger charge is -2.06. The van der Waals surface area contributed by atoms with Crippen molar-refractivity contribution in [2.24, 2.45) is 4.99 Å². The van der Waals surface area contributed by atoms with Crippen LogP contribution >= 0.6 is 0 Å². The Kier molecular flexibility index (Phi) is 6.01. The normalized spacial score (nSPS) is 11.0. The summed E-state index contributed by atoms with van der Waals surface area (Å²) in [5.41, 5.74) is 2.88. The Labute approximate surface area is 132 Å². The van der Waals surface area contributed by atoms with Crippen LogP contribution in [0, 0.1) is 0 Å². The topological polar surface area (TPSA) is 41.8 Å². The van der Waals surface area contributed by atoms with Crippen molar-refractivity contribution >= 4 is 11.9 Å². The Bertz CT molecular complexity index is 618. The van der Waals surface area contributed by atoms with Gasteiger partial charge in [0, 0.05) is 17.8 Å². The van der Waals surface area contributed by atoms with Crippen molar-refractivity contribution in [2.75, 3.05) is 6.61 Å². The van der Waals surface area contributed by atoms with Crippen LogP contribution in [0.1, 0.15) is 37.8 Å². The molecule has 2 aromatic carbocycles. The summed E-state index contributed by atoms with van der Waals surface area (Å²) in [6, 6.07) is 13.5. The van der Waals surface area contributed by atoms with Crippen molar-refractivity contribution in [3.05, 3.63) is 53.6 Å². The minimum absolute atomic E-state index is 0.181. The molecule has 116 valence electrons. The van der Waals surface area contributed by atoms with Gasteiger partial charge in [-0.05, 0) is 42.7 Å². The molecule has 3 heteroatoms. The van der Waals surface area contributed by atoms with E-state index in [2.05, 4.69) is 24.0 Å². The maximum atomic E-state index is 10.0. The van der Waals surface area contributed by atoms with Gasteiger partial charge in [0.1, 0.15) is 11.5 Å². The molecule has 0 bridgehead atoms.